The zero-order valence-corrected chi connectivity index (χ0v) is 18.6. The molecule has 0 aliphatic heterocycles. The number of hydrogen-bond acceptors (Lipinski definition) is 5. The van der Waals surface area contributed by atoms with E-state index in [1.54, 1.807) is 16.0 Å². The Morgan fingerprint density at radius 2 is 1.94 bits per heavy atom. The molecule has 1 amide bonds. The number of hydrogen-bond donors (Lipinski definition) is 1. The lowest BCUT2D eigenvalue weighted by molar-refractivity contribution is 0.102. The quantitative estimate of drug-likeness (QED) is 0.434. The Hall–Kier alpha value is -3.52. The summed E-state index contributed by atoms with van der Waals surface area (Å²) in [6.07, 6.45) is 4.00. The van der Waals surface area contributed by atoms with Gasteiger partial charge in [0.1, 0.15) is 0 Å². The predicted octanol–water partition coefficient (Wildman–Crippen LogP) is 5.03. The average Bonchev–Trinajstić information content (AvgIpc) is 3.42. The number of anilines is 1. The molecule has 1 aromatic carbocycles. The zero-order chi connectivity index (χ0) is 21.7. The van der Waals surface area contributed by atoms with Crippen molar-refractivity contribution >= 4 is 38.9 Å². The van der Waals surface area contributed by atoms with Crippen molar-refractivity contribution in [3.05, 3.63) is 65.1 Å². The molecule has 0 unspecified atom stereocenters. The van der Waals surface area contributed by atoms with E-state index in [-0.39, 0.29) is 11.8 Å². The number of nitrogens with one attached hydrogen (secondary N) is 1. The first-order chi connectivity index (χ1) is 14.9. The van der Waals surface area contributed by atoms with Gasteiger partial charge in [0.2, 0.25) is 0 Å². The lowest BCUT2D eigenvalue weighted by Gasteiger charge is -2.11. The van der Waals surface area contributed by atoms with Crippen molar-refractivity contribution in [3.8, 4) is 11.3 Å². The lowest BCUT2D eigenvalue weighted by atomic mass is 10.0. The summed E-state index contributed by atoms with van der Waals surface area (Å²) >= 11 is 1.60. The Kier molecular flexibility index (Phi) is 4.59. The number of aryl methyl sites for hydroxylation is 2. The van der Waals surface area contributed by atoms with E-state index in [0.717, 1.165) is 44.3 Å². The third-order valence-electron chi connectivity index (χ3n) is 5.36. The second-order valence-corrected chi connectivity index (χ2v) is 8.78. The average molecular weight is 431 g/mol. The van der Waals surface area contributed by atoms with Crippen LogP contribution in [-0.4, -0.2) is 30.1 Å². The van der Waals surface area contributed by atoms with Crippen LogP contribution < -0.4 is 5.32 Å². The summed E-state index contributed by atoms with van der Waals surface area (Å²) in [4.78, 5) is 23.5. The Morgan fingerprint density at radius 1 is 1.16 bits per heavy atom. The van der Waals surface area contributed by atoms with Crippen molar-refractivity contribution < 1.29 is 4.79 Å². The summed E-state index contributed by atoms with van der Waals surface area (Å²) in [5.74, 6) is 0.0376. The molecule has 0 spiro atoms. The number of thiazole rings is 1. The fourth-order valence-corrected chi connectivity index (χ4v) is 4.43. The second-order valence-electron chi connectivity index (χ2n) is 7.91. The molecule has 5 aromatic rings. The normalized spacial score (nSPS) is 11.6. The maximum atomic E-state index is 13.2. The van der Waals surface area contributed by atoms with E-state index < -0.39 is 0 Å². The van der Waals surface area contributed by atoms with Gasteiger partial charge in [0.05, 0.1) is 22.3 Å². The highest BCUT2D eigenvalue weighted by Crippen LogP contribution is 2.27. The Morgan fingerprint density at radius 3 is 2.65 bits per heavy atom. The van der Waals surface area contributed by atoms with Crippen LogP contribution in [0, 0.1) is 6.92 Å². The molecule has 0 atom stereocenters. The predicted molar refractivity (Wildman–Crippen MR) is 124 cm³/mol. The molecular formula is C23H22N6OS. The summed E-state index contributed by atoms with van der Waals surface area (Å²) in [7, 11) is 1.85. The van der Waals surface area contributed by atoms with Gasteiger partial charge in [0.25, 0.3) is 5.91 Å². The van der Waals surface area contributed by atoms with E-state index in [1.165, 1.54) is 0 Å². The largest absolute Gasteiger partial charge is 0.322 e. The number of carbonyl (C=O) groups excluding carboxylic acids is 1. The number of rotatable bonds is 4. The second kappa shape index (κ2) is 7.31. The monoisotopic (exact) mass is 430 g/mol. The summed E-state index contributed by atoms with van der Waals surface area (Å²) in [6, 6.07) is 9.62. The number of benzene rings is 1. The first kappa shape index (κ1) is 19.4. The van der Waals surface area contributed by atoms with E-state index in [2.05, 4.69) is 29.2 Å². The molecule has 4 aromatic heterocycles. The molecule has 7 nitrogen and oxygen atoms in total. The standard InChI is InChI=1S/C23H22N6OS/c1-13(2)18-11-17(20-14(3)27-28(4)21(20)25-18)22(30)24-16-7-5-15(6-8-16)19-12-29-9-10-31-23(29)26-19/h5-13H,1-4H3,(H,24,30). The molecule has 31 heavy (non-hydrogen) atoms. The fraction of sp³-hybridized carbons (Fsp3) is 0.217. The fourth-order valence-electron chi connectivity index (χ4n) is 3.73. The smallest absolute Gasteiger partial charge is 0.256 e. The number of imidazole rings is 1. The van der Waals surface area contributed by atoms with Gasteiger partial charge in [0, 0.05) is 41.8 Å². The van der Waals surface area contributed by atoms with E-state index in [4.69, 9.17) is 4.98 Å². The maximum absolute atomic E-state index is 13.2. The van der Waals surface area contributed by atoms with Crippen LogP contribution in [0.1, 0.15) is 41.5 Å². The van der Waals surface area contributed by atoms with Crippen LogP contribution in [0.15, 0.2) is 48.1 Å². The number of amides is 1. The molecule has 0 saturated heterocycles. The van der Waals surface area contributed by atoms with Gasteiger partial charge in [0.15, 0.2) is 10.6 Å². The summed E-state index contributed by atoms with van der Waals surface area (Å²) in [5.41, 5.74) is 5.63. The number of carbonyl (C=O) groups is 1. The molecule has 1 N–H and O–H groups in total. The molecular weight excluding hydrogens is 408 g/mol. The highest BCUT2D eigenvalue weighted by atomic mass is 32.1. The Balaban J connectivity index is 1.46. The first-order valence-electron chi connectivity index (χ1n) is 10.1. The van der Waals surface area contributed by atoms with Gasteiger partial charge in [-0.05, 0) is 31.0 Å². The molecule has 4 heterocycles. The van der Waals surface area contributed by atoms with Crippen molar-refractivity contribution in [2.45, 2.75) is 26.7 Å². The van der Waals surface area contributed by atoms with Crippen LogP contribution >= 0.6 is 11.3 Å². The van der Waals surface area contributed by atoms with E-state index in [9.17, 15) is 4.79 Å². The van der Waals surface area contributed by atoms with Gasteiger partial charge in [-0.1, -0.05) is 26.0 Å². The molecule has 0 bridgehead atoms. The topological polar surface area (TPSA) is 77.1 Å². The minimum Gasteiger partial charge on any atom is -0.322 e. The van der Waals surface area contributed by atoms with Crippen LogP contribution in [0.3, 0.4) is 0 Å². The van der Waals surface area contributed by atoms with Crippen molar-refractivity contribution in [3.63, 3.8) is 0 Å². The van der Waals surface area contributed by atoms with Crippen LogP contribution in [0.4, 0.5) is 5.69 Å². The summed E-state index contributed by atoms with van der Waals surface area (Å²) in [5, 5.41) is 10.3. The number of fused-ring (bicyclic) bond motifs is 2. The highest BCUT2D eigenvalue weighted by Gasteiger charge is 2.20. The van der Waals surface area contributed by atoms with Crippen molar-refractivity contribution in [2.75, 3.05) is 5.32 Å². The van der Waals surface area contributed by atoms with Gasteiger partial charge < -0.3 is 5.32 Å². The van der Waals surface area contributed by atoms with E-state index >= 15 is 0 Å². The minimum atomic E-state index is -0.166. The van der Waals surface area contributed by atoms with Crippen molar-refractivity contribution in [1.82, 2.24) is 24.1 Å². The van der Waals surface area contributed by atoms with Gasteiger partial charge in [-0.2, -0.15) is 5.10 Å². The molecule has 156 valence electrons. The summed E-state index contributed by atoms with van der Waals surface area (Å²) in [6.45, 7) is 6.04. The molecule has 5 rings (SSSR count). The maximum Gasteiger partial charge on any atom is 0.256 e. The van der Waals surface area contributed by atoms with Gasteiger partial charge in [-0.25, -0.2) is 9.97 Å². The summed E-state index contributed by atoms with van der Waals surface area (Å²) < 4.78 is 3.74. The number of nitrogens with zero attached hydrogens (tertiary/aromatic N) is 5. The molecule has 0 aliphatic rings. The van der Waals surface area contributed by atoms with Crippen LogP contribution in [0.2, 0.25) is 0 Å². The van der Waals surface area contributed by atoms with E-state index in [1.807, 2.05) is 66.5 Å². The number of pyridine rings is 1. The Bertz CT molecular complexity index is 1400. The molecule has 0 radical (unpaired) electrons. The van der Waals surface area contributed by atoms with Crippen molar-refractivity contribution in [1.29, 1.82) is 0 Å². The van der Waals surface area contributed by atoms with Gasteiger partial charge in [-0.15, -0.1) is 11.3 Å². The molecule has 0 fully saturated rings. The van der Waals surface area contributed by atoms with Crippen molar-refractivity contribution in [2.24, 2.45) is 7.05 Å². The lowest BCUT2D eigenvalue weighted by Crippen LogP contribution is -2.14. The molecule has 0 aliphatic carbocycles. The Labute approximate surface area is 183 Å². The third-order valence-corrected chi connectivity index (χ3v) is 6.13. The SMILES string of the molecule is Cc1nn(C)c2nc(C(C)C)cc(C(=O)Nc3ccc(-c4cn5ccsc5n4)cc3)c12. The molecule has 0 saturated carbocycles. The van der Waals surface area contributed by atoms with Crippen LogP contribution in [0.25, 0.3) is 27.3 Å². The minimum absolute atomic E-state index is 0.166. The zero-order valence-electron chi connectivity index (χ0n) is 17.7. The highest BCUT2D eigenvalue weighted by molar-refractivity contribution is 7.15. The molecule has 8 heteroatoms. The van der Waals surface area contributed by atoms with Crippen LogP contribution in [-0.2, 0) is 7.05 Å². The van der Waals surface area contributed by atoms with E-state index in [0.29, 0.717) is 5.56 Å². The van der Waals surface area contributed by atoms with Gasteiger partial charge in [-0.3, -0.25) is 13.9 Å². The third kappa shape index (κ3) is 3.38. The first-order valence-corrected chi connectivity index (χ1v) is 11.0. The van der Waals surface area contributed by atoms with Gasteiger partial charge >= 0.3 is 0 Å². The van der Waals surface area contributed by atoms with Crippen LogP contribution in [0.5, 0.6) is 0 Å². The number of aromatic nitrogens is 5.